The van der Waals surface area contributed by atoms with Gasteiger partial charge in [0.1, 0.15) is 6.33 Å². The van der Waals surface area contributed by atoms with Crippen LogP contribution < -0.4 is 0 Å². The fraction of sp³-hybridized carbons (Fsp3) is 0.552. The van der Waals surface area contributed by atoms with E-state index in [1.807, 2.05) is 18.4 Å². The first kappa shape index (κ1) is 25.4. The molecule has 4 heterocycles. The molecule has 0 atom stereocenters. The van der Waals surface area contributed by atoms with Crippen molar-refractivity contribution in [3.8, 4) is 11.3 Å². The van der Waals surface area contributed by atoms with E-state index in [2.05, 4.69) is 81.1 Å². The summed E-state index contributed by atoms with van der Waals surface area (Å²) in [5.74, 6) is 0.942. The molecular weight excluding hydrogens is 432 g/mol. The summed E-state index contributed by atoms with van der Waals surface area (Å²) in [6.45, 7) is 15.2. The lowest BCUT2D eigenvalue weighted by Crippen LogP contribution is -2.31. The molecule has 0 saturated heterocycles. The molecule has 1 saturated carbocycles. The quantitative estimate of drug-likeness (QED) is 0.348. The minimum Gasteiger partial charge on any atom is -0.353 e. The second-order valence-electron chi connectivity index (χ2n) is 10.4. The van der Waals surface area contributed by atoms with Gasteiger partial charge in [-0.3, -0.25) is 4.98 Å². The summed E-state index contributed by atoms with van der Waals surface area (Å²) in [5, 5.41) is 5.78. The number of aromatic nitrogens is 5. The van der Waals surface area contributed by atoms with Crippen LogP contribution in [0.25, 0.3) is 27.8 Å². The Morgan fingerprint density at radius 1 is 0.971 bits per heavy atom. The predicted molar refractivity (Wildman–Crippen MR) is 146 cm³/mol. The number of H-pyrrole nitrogens is 1. The summed E-state index contributed by atoms with van der Waals surface area (Å²) in [6, 6.07) is 0.702. The van der Waals surface area contributed by atoms with Crippen molar-refractivity contribution in [3.05, 3.63) is 46.7 Å². The van der Waals surface area contributed by atoms with Gasteiger partial charge in [0.15, 0.2) is 5.65 Å². The van der Waals surface area contributed by atoms with Crippen molar-refractivity contribution in [2.45, 2.75) is 92.0 Å². The van der Waals surface area contributed by atoms with E-state index in [0.29, 0.717) is 17.9 Å². The number of nitrogens with zero attached hydrogens (tertiary/aromatic N) is 5. The number of aryl methyl sites for hydroxylation is 2. The summed E-state index contributed by atoms with van der Waals surface area (Å²) in [6.07, 6.45) is 10.8. The smallest absolute Gasteiger partial charge is 0.158 e. The first-order valence-corrected chi connectivity index (χ1v) is 13.2. The zero-order valence-corrected chi connectivity index (χ0v) is 23.0. The largest absolute Gasteiger partial charge is 0.353 e. The lowest BCUT2D eigenvalue weighted by molar-refractivity contribution is 0.215. The summed E-state index contributed by atoms with van der Waals surface area (Å²) < 4.78 is 1.90. The van der Waals surface area contributed by atoms with Crippen LogP contribution in [-0.4, -0.2) is 49.6 Å². The summed E-state index contributed by atoms with van der Waals surface area (Å²) in [4.78, 5) is 15.6. The van der Waals surface area contributed by atoms with Crippen LogP contribution >= 0.6 is 0 Å². The third-order valence-corrected chi connectivity index (χ3v) is 7.95. The Bertz CT molecular complexity index is 1320. The maximum Gasteiger partial charge on any atom is 0.158 e. The molecule has 5 rings (SSSR count). The van der Waals surface area contributed by atoms with Crippen molar-refractivity contribution in [1.29, 1.82) is 0 Å². The van der Waals surface area contributed by atoms with Gasteiger partial charge in [-0.05, 0) is 88.7 Å². The minimum atomic E-state index is 0.387. The average Bonchev–Trinajstić information content (AvgIpc) is 3.48. The highest BCUT2D eigenvalue weighted by Crippen LogP contribution is 2.42. The Balaban J connectivity index is 0.00000141. The molecule has 6 heteroatoms. The van der Waals surface area contributed by atoms with Crippen molar-refractivity contribution in [2.75, 3.05) is 14.1 Å². The summed E-state index contributed by atoms with van der Waals surface area (Å²) in [5.41, 5.74) is 10.9. The maximum absolute atomic E-state index is 5.02. The molecule has 1 N–H and O–H groups in total. The fourth-order valence-corrected chi connectivity index (χ4v) is 5.92. The normalized spacial score (nSPS) is 18.5. The van der Waals surface area contributed by atoms with Crippen LogP contribution in [0.1, 0.15) is 93.2 Å². The first-order valence-electron chi connectivity index (χ1n) is 13.2. The molecule has 1 aliphatic carbocycles. The standard InChI is InChI=1S/C27H36N6.C2H6/c1-15(2)23-24-18(5)25(19-8-10-20(11-9-19)32(6)7)28-12-22(24)31-26(23)21-13-33-27(29-14-30-33)17(4)16(21)3;1-2/h12-15,19-20,31H,8-11H2,1-7H3;1-2H3. The van der Waals surface area contributed by atoms with Gasteiger partial charge in [-0.1, -0.05) is 27.7 Å². The Morgan fingerprint density at radius 2 is 1.66 bits per heavy atom. The molecule has 0 aliphatic heterocycles. The maximum atomic E-state index is 5.02. The Hall–Kier alpha value is -2.73. The van der Waals surface area contributed by atoms with Gasteiger partial charge in [0.25, 0.3) is 0 Å². The molecule has 0 bridgehead atoms. The fourth-order valence-electron chi connectivity index (χ4n) is 5.92. The van der Waals surface area contributed by atoms with E-state index in [0.717, 1.165) is 11.2 Å². The highest BCUT2D eigenvalue weighted by Gasteiger charge is 2.28. The molecule has 188 valence electrons. The minimum absolute atomic E-state index is 0.387. The van der Waals surface area contributed by atoms with Gasteiger partial charge in [0.2, 0.25) is 0 Å². The van der Waals surface area contributed by atoms with Gasteiger partial charge in [0.05, 0.1) is 17.4 Å². The monoisotopic (exact) mass is 474 g/mol. The van der Waals surface area contributed by atoms with E-state index in [1.54, 1.807) is 6.33 Å². The average molecular weight is 475 g/mol. The van der Waals surface area contributed by atoms with E-state index >= 15 is 0 Å². The van der Waals surface area contributed by atoms with Crippen LogP contribution in [0.2, 0.25) is 0 Å². The van der Waals surface area contributed by atoms with Gasteiger partial charge in [-0.2, -0.15) is 5.10 Å². The number of nitrogens with one attached hydrogen (secondary N) is 1. The van der Waals surface area contributed by atoms with Gasteiger partial charge < -0.3 is 9.88 Å². The summed E-state index contributed by atoms with van der Waals surface area (Å²) in [7, 11) is 4.41. The number of hydrogen-bond donors (Lipinski definition) is 1. The number of rotatable bonds is 4. The third-order valence-electron chi connectivity index (χ3n) is 7.95. The highest BCUT2D eigenvalue weighted by molar-refractivity contribution is 5.94. The molecule has 35 heavy (non-hydrogen) atoms. The van der Waals surface area contributed by atoms with Crippen molar-refractivity contribution in [2.24, 2.45) is 0 Å². The van der Waals surface area contributed by atoms with Gasteiger partial charge in [0, 0.05) is 34.8 Å². The second-order valence-corrected chi connectivity index (χ2v) is 10.4. The molecule has 0 aromatic carbocycles. The van der Waals surface area contributed by atoms with E-state index in [-0.39, 0.29) is 0 Å². The van der Waals surface area contributed by atoms with Gasteiger partial charge in [-0.15, -0.1) is 0 Å². The van der Waals surface area contributed by atoms with Gasteiger partial charge >= 0.3 is 0 Å². The SMILES string of the molecule is CC.Cc1c(-c2[nH]c3cnc(C4CCC(N(C)C)CC4)c(C)c3c2C(C)C)cn2ncnc2c1C. The van der Waals surface area contributed by atoms with Gasteiger partial charge in [-0.25, -0.2) is 9.50 Å². The van der Waals surface area contributed by atoms with Crippen LogP contribution in [0.5, 0.6) is 0 Å². The number of fused-ring (bicyclic) bond motifs is 2. The molecule has 0 amide bonds. The zero-order chi connectivity index (χ0) is 25.4. The van der Waals surface area contributed by atoms with E-state index in [9.17, 15) is 0 Å². The third kappa shape index (κ3) is 4.37. The van der Waals surface area contributed by atoms with Crippen LogP contribution in [0.4, 0.5) is 0 Å². The summed E-state index contributed by atoms with van der Waals surface area (Å²) >= 11 is 0. The molecule has 1 aliphatic rings. The van der Waals surface area contributed by atoms with E-state index < -0.39 is 0 Å². The molecule has 1 fully saturated rings. The molecular formula is C29H42N6. The topological polar surface area (TPSA) is 62.1 Å². The number of pyridine rings is 2. The molecule has 0 spiro atoms. The molecule has 4 aromatic rings. The van der Waals surface area contributed by atoms with Crippen LogP contribution in [0, 0.1) is 20.8 Å². The zero-order valence-electron chi connectivity index (χ0n) is 23.0. The van der Waals surface area contributed by atoms with Crippen molar-refractivity contribution in [3.63, 3.8) is 0 Å². The lowest BCUT2D eigenvalue weighted by atomic mass is 9.81. The first-order chi connectivity index (χ1) is 16.8. The molecule has 0 radical (unpaired) electrons. The number of aromatic amines is 1. The second kappa shape index (κ2) is 10.1. The van der Waals surface area contributed by atoms with Crippen molar-refractivity contribution in [1.82, 2.24) is 29.5 Å². The van der Waals surface area contributed by atoms with Crippen LogP contribution in [0.15, 0.2) is 18.7 Å². The van der Waals surface area contributed by atoms with Crippen molar-refractivity contribution < 1.29 is 0 Å². The Morgan fingerprint density at radius 3 is 2.29 bits per heavy atom. The van der Waals surface area contributed by atoms with Crippen molar-refractivity contribution >= 4 is 16.6 Å². The van der Waals surface area contributed by atoms with E-state index in [1.165, 1.54) is 70.3 Å². The Kier molecular flexibility index (Phi) is 7.32. The van der Waals surface area contributed by atoms with E-state index in [4.69, 9.17) is 4.98 Å². The predicted octanol–water partition coefficient (Wildman–Crippen LogP) is 6.94. The molecule has 0 unspecified atom stereocenters. The van der Waals surface area contributed by atoms with Crippen LogP contribution in [-0.2, 0) is 0 Å². The molecule has 4 aromatic heterocycles. The molecule has 6 nitrogen and oxygen atoms in total. The highest BCUT2D eigenvalue weighted by atomic mass is 15.3. The number of hydrogen-bond acceptors (Lipinski definition) is 4. The van der Waals surface area contributed by atoms with Crippen LogP contribution in [0.3, 0.4) is 0 Å². The Labute approximate surface area is 210 Å². The lowest BCUT2D eigenvalue weighted by Gasteiger charge is -2.33.